The van der Waals surface area contributed by atoms with Gasteiger partial charge in [-0.3, -0.25) is 0 Å². The number of nitrogens with one attached hydrogen (secondary N) is 1. The van der Waals surface area contributed by atoms with Gasteiger partial charge >= 0.3 is 0 Å². The fourth-order valence-corrected chi connectivity index (χ4v) is 4.19. The van der Waals surface area contributed by atoms with Crippen molar-refractivity contribution >= 4 is 0 Å². The lowest BCUT2D eigenvalue weighted by Crippen LogP contribution is -2.52. The van der Waals surface area contributed by atoms with Crippen molar-refractivity contribution in [3.63, 3.8) is 0 Å². The van der Waals surface area contributed by atoms with Crippen molar-refractivity contribution in [3.05, 3.63) is 0 Å². The number of hydrogen-bond acceptors (Lipinski definition) is 2. The highest BCUT2D eigenvalue weighted by atomic mass is 16.3. The molecule has 2 N–H and O–H groups in total. The van der Waals surface area contributed by atoms with E-state index in [1.165, 1.54) is 64.2 Å². The Morgan fingerprint density at radius 3 is 2.35 bits per heavy atom. The second-order valence-electron chi connectivity index (χ2n) is 6.75. The van der Waals surface area contributed by atoms with Crippen LogP contribution >= 0.6 is 0 Å². The molecule has 3 saturated carbocycles. The lowest BCUT2D eigenvalue weighted by molar-refractivity contribution is 0.130. The molecule has 3 aliphatic rings. The Balaban J connectivity index is 1.56. The molecule has 3 rings (SSSR count). The summed E-state index contributed by atoms with van der Waals surface area (Å²) in [5, 5.41) is 13.5. The van der Waals surface area contributed by atoms with Crippen LogP contribution in [0.4, 0.5) is 0 Å². The van der Waals surface area contributed by atoms with Crippen molar-refractivity contribution in [3.8, 4) is 0 Å². The van der Waals surface area contributed by atoms with E-state index in [1.54, 1.807) is 0 Å². The molecule has 0 aromatic rings. The first kappa shape index (κ1) is 12.0. The van der Waals surface area contributed by atoms with Crippen LogP contribution < -0.4 is 5.32 Å². The predicted molar refractivity (Wildman–Crippen MR) is 69.9 cm³/mol. The van der Waals surface area contributed by atoms with Crippen LogP contribution in [0.15, 0.2) is 0 Å². The molecule has 3 aliphatic carbocycles. The van der Waals surface area contributed by atoms with Gasteiger partial charge in [0, 0.05) is 11.6 Å². The maximum Gasteiger partial charge on any atom is 0.0613 e. The van der Waals surface area contributed by atoms with Crippen molar-refractivity contribution in [2.24, 2.45) is 11.8 Å². The second-order valence-corrected chi connectivity index (χ2v) is 6.75. The molecule has 98 valence electrons. The van der Waals surface area contributed by atoms with Crippen LogP contribution in [0.5, 0.6) is 0 Å². The SMILES string of the molecule is OCC1(NC2CCCC(C3CC3)C2)CCCC1. The molecular formula is C15H27NO. The molecule has 2 unspecified atom stereocenters. The van der Waals surface area contributed by atoms with E-state index in [4.69, 9.17) is 0 Å². The lowest BCUT2D eigenvalue weighted by atomic mass is 9.81. The van der Waals surface area contributed by atoms with Crippen LogP contribution in [0, 0.1) is 11.8 Å². The molecule has 2 atom stereocenters. The highest BCUT2D eigenvalue weighted by Gasteiger charge is 2.39. The fraction of sp³-hybridized carbons (Fsp3) is 1.00. The van der Waals surface area contributed by atoms with Gasteiger partial charge in [-0.1, -0.05) is 25.7 Å². The van der Waals surface area contributed by atoms with E-state index in [-0.39, 0.29) is 5.54 Å². The van der Waals surface area contributed by atoms with Crippen molar-refractivity contribution < 1.29 is 5.11 Å². The van der Waals surface area contributed by atoms with Gasteiger partial charge in [-0.05, 0) is 50.4 Å². The number of aliphatic hydroxyl groups is 1. The minimum absolute atomic E-state index is 0.0934. The van der Waals surface area contributed by atoms with Crippen LogP contribution in [0.25, 0.3) is 0 Å². The lowest BCUT2D eigenvalue weighted by Gasteiger charge is -2.38. The van der Waals surface area contributed by atoms with Crippen LogP contribution in [-0.4, -0.2) is 23.3 Å². The summed E-state index contributed by atoms with van der Waals surface area (Å²) in [4.78, 5) is 0. The largest absolute Gasteiger partial charge is 0.394 e. The van der Waals surface area contributed by atoms with E-state index in [9.17, 15) is 5.11 Å². The predicted octanol–water partition coefficient (Wildman–Crippen LogP) is 2.85. The van der Waals surface area contributed by atoms with Crippen molar-refractivity contribution in [2.45, 2.75) is 75.8 Å². The molecule has 0 spiro atoms. The van der Waals surface area contributed by atoms with Crippen molar-refractivity contribution in [1.29, 1.82) is 0 Å². The minimum Gasteiger partial charge on any atom is -0.394 e. The molecule has 0 amide bonds. The quantitative estimate of drug-likeness (QED) is 0.788. The normalized spacial score (nSPS) is 37.2. The Morgan fingerprint density at radius 1 is 0.941 bits per heavy atom. The third kappa shape index (κ3) is 2.68. The van der Waals surface area contributed by atoms with Crippen molar-refractivity contribution in [2.75, 3.05) is 6.61 Å². The molecule has 3 fully saturated rings. The number of hydrogen-bond donors (Lipinski definition) is 2. The zero-order valence-electron chi connectivity index (χ0n) is 11.0. The summed E-state index contributed by atoms with van der Waals surface area (Å²) >= 11 is 0. The molecule has 0 bridgehead atoms. The Bertz CT molecular complexity index is 256. The smallest absolute Gasteiger partial charge is 0.0613 e. The van der Waals surface area contributed by atoms with E-state index in [2.05, 4.69) is 5.32 Å². The number of aliphatic hydroxyl groups excluding tert-OH is 1. The molecule has 17 heavy (non-hydrogen) atoms. The van der Waals surface area contributed by atoms with Crippen LogP contribution in [-0.2, 0) is 0 Å². The van der Waals surface area contributed by atoms with Crippen LogP contribution in [0.1, 0.15) is 64.2 Å². The van der Waals surface area contributed by atoms with Gasteiger partial charge in [-0.25, -0.2) is 0 Å². The third-order valence-electron chi connectivity index (χ3n) is 5.38. The highest BCUT2D eigenvalue weighted by molar-refractivity contribution is 4.97. The Kier molecular flexibility index (Phi) is 3.45. The van der Waals surface area contributed by atoms with Gasteiger partial charge in [0.15, 0.2) is 0 Å². The first-order chi connectivity index (χ1) is 8.31. The molecule has 0 saturated heterocycles. The van der Waals surface area contributed by atoms with Gasteiger partial charge in [0.1, 0.15) is 0 Å². The van der Waals surface area contributed by atoms with Crippen molar-refractivity contribution in [1.82, 2.24) is 5.32 Å². The second kappa shape index (κ2) is 4.89. The Hall–Kier alpha value is -0.0800. The average molecular weight is 237 g/mol. The molecule has 0 aliphatic heterocycles. The van der Waals surface area contributed by atoms with Crippen LogP contribution in [0.2, 0.25) is 0 Å². The van der Waals surface area contributed by atoms with Gasteiger partial charge in [0.25, 0.3) is 0 Å². The van der Waals surface area contributed by atoms with Gasteiger partial charge in [0.05, 0.1) is 6.61 Å². The molecule has 2 nitrogen and oxygen atoms in total. The van der Waals surface area contributed by atoms with Gasteiger partial charge in [0.2, 0.25) is 0 Å². The highest BCUT2D eigenvalue weighted by Crippen LogP contribution is 2.44. The Morgan fingerprint density at radius 2 is 1.71 bits per heavy atom. The monoisotopic (exact) mass is 237 g/mol. The molecule has 0 heterocycles. The van der Waals surface area contributed by atoms with E-state index >= 15 is 0 Å². The summed E-state index contributed by atoms with van der Waals surface area (Å²) in [5.41, 5.74) is 0.0934. The first-order valence-electron chi connectivity index (χ1n) is 7.70. The molecule has 0 aromatic heterocycles. The van der Waals surface area contributed by atoms with E-state index in [0.717, 1.165) is 11.8 Å². The van der Waals surface area contributed by atoms with E-state index in [0.29, 0.717) is 12.6 Å². The molecular weight excluding hydrogens is 210 g/mol. The topological polar surface area (TPSA) is 32.3 Å². The summed E-state index contributed by atoms with van der Waals surface area (Å²) in [7, 11) is 0. The summed E-state index contributed by atoms with van der Waals surface area (Å²) in [6.45, 7) is 0.345. The zero-order chi connectivity index (χ0) is 11.7. The summed E-state index contributed by atoms with van der Waals surface area (Å²) in [6, 6.07) is 0.694. The molecule has 2 heteroatoms. The zero-order valence-corrected chi connectivity index (χ0v) is 11.0. The van der Waals surface area contributed by atoms with E-state index in [1.807, 2.05) is 0 Å². The first-order valence-corrected chi connectivity index (χ1v) is 7.70. The fourth-order valence-electron chi connectivity index (χ4n) is 4.19. The maximum atomic E-state index is 9.67. The molecule has 0 radical (unpaired) electrons. The molecule has 0 aromatic carbocycles. The van der Waals surface area contributed by atoms with Gasteiger partial charge < -0.3 is 10.4 Å². The Labute approximate surface area is 105 Å². The van der Waals surface area contributed by atoms with E-state index < -0.39 is 0 Å². The average Bonchev–Trinajstić information content (AvgIpc) is 3.11. The maximum absolute atomic E-state index is 9.67. The standard InChI is InChI=1S/C15H27NO/c17-11-15(8-1-2-9-15)16-14-5-3-4-13(10-14)12-6-7-12/h12-14,16-17H,1-11H2. The van der Waals surface area contributed by atoms with Gasteiger partial charge in [-0.2, -0.15) is 0 Å². The third-order valence-corrected chi connectivity index (χ3v) is 5.38. The van der Waals surface area contributed by atoms with Gasteiger partial charge in [-0.15, -0.1) is 0 Å². The minimum atomic E-state index is 0.0934. The summed E-state index contributed by atoms with van der Waals surface area (Å²) in [6.07, 6.45) is 13.5. The van der Waals surface area contributed by atoms with Crippen LogP contribution in [0.3, 0.4) is 0 Å². The summed E-state index contributed by atoms with van der Waals surface area (Å²) in [5.74, 6) is 2.06. The number of rotatable bonds is 4. The summed E-state index contributed by atoms with van der Waals surface area (Å²) < 4.78 is 0.